The predicted octanol–water partition coefficient (Wildman–Crippen LogP) is 9.42. The molecule has 0 aromatic heterocycles. The van der Waals surface area contributed by atoms with Crippen molar-refractivity contribution in [1.82, 2.24) is 9.80 Å². The fourth-order valence-corrected chi connectivity index (χ4v) is 15.7. The van der Waals surface area contributed by atoms with Gasteiger partial charge in [-0.15, -0.1) is 0 Å². The summed E-state index contributed by atoms with van der Waals surface area (Å²) in [4.78, 5) is 152. The van der Waals surface area contributed by atoms with Gasteiger partial charge in [-0.25, -0.2) is 47.9 Å². The van der Waals surface area contributed by atoms with Crippen molar-refractivity contribution < 1.29 is 228 Å². The number of phenols is 25. The standard InChI is InChI=1S/C76H52O46.C20H24ClN3S/c77-32-1-22(2-33(78)53(32)92)67(103)113-47-16-27(11-42(87)58(47)97)66(102)112-21-52-63(119-72(108)28-12-43(88)59(98)48(17-28)114-68(104)23-3-34(79)54(93)35(80)4-23)64(120-73(109)29-13-44(89)60(99)49(18-29)115-69(105)24-5-36(81)55(94)37(82)6-24)65(121-74(110)30-14-45(90)61(100)50(19-30)116-70(106)25-7-38(83)56(95)39(84)8-25)76(118-52)122-75(111)31-15-46(91)62(101)51(20-31)117-71(107)26-9-40(85)57(96)41(86)10-26;1-22-11-13-23(14-12-22)9-4-10-24-17-5-2-3-6-19(17)25-20-8-7-16(21)15-18(20)24/h1-20,52,63-65,76-101H,21H2;2-3,5-8,15H,4,9-14H2,1H3/t52-,63-,64+,65-,76+;/m1./s1. The van der Waals surface area contributed by atoms with Crippen molar-refractivity contribution in [2.75, 3.05) is 57.8 Å². The molecule has 2 fully saturated rings. The molecule has 0 unspecified atom stereocenters. The average Bonchev–Trinajstić information content (AvgIpc) is 0.773. The number of hydrogen-bond donors (Lipinski definition) is 25. The van der Waals surface area contributed by atoms with Gasteiger partial charge in [0.15, 0.2) is 156 Å². The van der Waals surface area contributed by atoms with Gasteiger partial charge in [0.25, 0.3) is 0 Å². The van der Waals surface area contributed by atoms with E-state index in [0.29, 0.717) is 121 Å². The monoisotopic (exact) mass is 2070 g/mol. The number of halogens is 1. The Morgan fingerprint density at radius 2 is 0.571 bits per heavy atom. The Morgan fingerprint density at radius 3 is 0.898 bits per heavy atom. The highest BCUT2D eigenvalue weighted by molar-refractivity contribution is 7.99. The van der Waals surface area contributed by atoms with Gasteiger partial charge in [-0.2, -0.15) is 0 Å². The molecule has 0 saturated carbocycles. The van der Waals surface area contributed by atoms with Crippen LogP contribution in [0.25, 0.3) is 0 Å². The first-order valence-corrected chi connectivity index (χ1v) is 43.3. The topological polar surface area (TPSA) is 788 Å². The molecule has 0 amide bonds. The van der Waals surface area contributed by atoms with Crippen LogP contribution in [-0.4, -0.2) is 281 Å². The summed E-state index contributed by atoms with van der Waals surface area (Å²) in [6.45, 7) is 5.22. The van der Waals surface area contributed by atoms with E-state index in [1.165, 1.54) is 47.3 Å². The third kappa shape index (κ3) is 22.8. The van der Waals surface area contributed by atoms with Crippen LogP contribution in [0.4, 0.5) is 11.4 Å². The van der Waals surface area contributed by atoms with E-state index in [1.807, 2.05) is 17.8 Å². The summed E-state index contributed by atoms with van der Waals surface area (Å²) in [7, 11) is 2.21. The largest absolute Gasteiger partial charge is 0.504 e. The van der Waals surface area contributed by atoms with Crippen LogP contribution in [0.1, 0.15) is 110 Å². The van der Waals surface area contributed by atoms with Gasteiger partial charge in [-0.05, 0) is 172 Å². The van der Waals surface area contributed by atoms with Crippen LogP contribution < -0.4 is 28.6 Å². The first kappa shape index (κ1) is 104. The van der Waals surface area contributed by atoms with E-state index in [4.69, 9.17) is 63.7 Å². The molecule has 5 atom stereocenters. The van der Waals surface area contributed by atoms with Gasteiger partial charge >= 0.3 is 59.7 Å². The van der Waals surface area contributed by atoms with Gasteiger partial charge in [0.2, 0.25) is 41.1 Å². The number of fused-ring (bicyclic) bond motifs is 2. The Morgan fingerprint density at radius 1 is 0.299 bits per heavy atom. The fraction of sp³-hybridized carbons (Fsp3) is 0.146. The van der Waals surface area contributed by atoms with Gasteiger partial charge < -0.3 is 194 Å². The van der Waals surface area contributed by atoms with Crippen molar-refractivity contribution in [2.45, 2.75) is 46.9 Å². The molecule has 0 spiro atoms. The van der Waals surface area contributed by atoms with Gasteiger partial charge in [0.1, 0.15) is 12.7 Å². The zero-order valence-corrected chi connectivity index (χ0v) is 76.1. The lowest BCUT2D eigenvalue weighted by molar-refractivity contribution is -0.282. The number of anilines is 2. The Labute approximate surface area is 829 Å². The summed E-state index contributed by atoms with van der Waals surface area (Å²) in [6.07, 6.45) is -13.9. The molecular weight excluding hydrogens is 2000 g/mol. The number of nitrogens with zero attached hydrogens (tertiary/aromatic N) is 3. The first-order valence-electron chi connectivity index (χ1n) is 42.1. The van der Waals surface area contributed by atoms with E-state index in [-0.39, 0.29) is 0 Å². The van der Waals surface area contributed by atoms with Crippen molar-refractivity contribution in [2.24, 2.45) is 0 Å². The van der Waals surface area contributed by atoms with Crippen molar-refractivity contribution >= 4 is 94.4 Å². The summed E-state index contributed by atoms with van der Waals surface area (Å²) >= 11 is 8.13. The number of esters is 10. The summed E-state index contributed by atoms with van der Waals surface area (Å²) in [5.74, 6) is -56.0. The molecule has 49 nitrogen and oxygen atoms in total. The number of phenolic OH excluding ortho intramolecular Hbond substituents is 25. The van der Waals surface area contributed by atoms with Crippen LogP contribution in [0.5, 0.6) is 172 Å². The van der Waals surface area contributed by atoms with E-state index in [2.05, 4.69) is 58.1 Å². The van der Waals surface area contributed by atoms with Crippen molar-refractivity contribution in [3.63, 3.8) is 0 Å². The van der Waals surface area contributed by atoms with Crippen LogP contribution in [-0.2, 0) is 28.4 Å². The third-order valence-electron chi connectivity index (χ3n) is 22.0. The highest BCUT2D eigenvalue weighted by Gasteiger charge is 2.56. The second kappa shape index (κ2) is 42.6. The number of rotatable bonds is 25. The smallest absolute Gasteiger partial charge is 0.343 e. The molecule has 15 rings (SSSR count). The number of piperazine rings is 1. The second-order valence-electron chi connectivity index (χ2n) is 32.0. The van der Waals surface area contributed by atoms with Crippen LogP contribution >= 0.6 is 23.4 Å². The van der Waals surface area contributed by atoms with Gasteiger partial charge in [0.05, 0.1) is 67.0 Å². The highest BCUT2D eigenvalue weighted by atomic mass is 35.5. The molecule has 0 bridgehead atoms. The molecule has 764 valence electrons. The maximum atomic E-state index is 15.3. The maximum absolute atomic E-state index is 15.3. The molecule has 25 N–H and O–H groups in total. The minimum atomic E-state index is -3.12. The van der Waals surface area contributed by atoms with E-state index in [1.54, 1.807) is 0 Å². The number of para-hydroxylation sites is 1. The number of carbonyl (C=O) groups is 10. The van der Waals surface area contributed by atoms with Gasteiger partial charge in [-0.3, -0.25) is 0 Å². The molecule has 2 saturated heterocycles. The molecule has 12 aromatic rings. The Kier molecular flexibility index (Phi) is 30.0. The van der Waals surface area contributed by atoms with Crippen molar-refractivity contribution in [1.29, 1.82) is 0 Å². The van der Waals surface area contributed by atoms with E-state index >= 15 is 14.4 Å². The molecule has 0 radical (unpaired) electrons. The molecule has 0 aliphatic carbocycles. The van der Waals surface area contributed by atoms with Crippen molar-refractivity contribution in [3.8, 4) is 172 Å². The highest BCUT2D eigenvalue weighted by Crippen LogP contribution is 2.52. The predicted molar refractivity (Wildman–Crippen MR) is 490 cm³/mol. The SMILES string of the molecule is CN1CCN(CCCN2c3ccccc3Sc3ccc(Cl)cc32)CC1.O=C(OC[C@H]1O[C@@H](OC(=O)c2cc(O)c(O)c(OC(=O)c3cc(O)c(O)c(O)c3)c2)[C@H](OC(=O)c2cc(O)c(O)c(OC(=O)c3cc(O)c(O)c(O)c3)c2)[C@@H](OC(=O)c2cc(O)c(O)c(OC(=O)c3cc(O)c(O)c(O)c3)c2)[C@@H]1OC(=O)c1cc(O)c(O)c(OC(=O)c2cc(O)c(O)c(O)c2)c1)c1cc(O)c(O)c(OC(=O)c2cc(O)c(O)c(O)c2)c1. The lowest BCUT2D eigenvalue weighted by Crippen LogP contribution is -2.63. The number of ether oxygens (including phenoxy) is 11. The number of aromatic hydroxyl groups is 25. The summed E-state index contributed by atoms with van der Waals surface area (Å²) in [5.41, 5.74) is -7.34. The normalized spacial score (nSPS) is 15.2. The summed E-state index contributed by atoms with van der Waals surface area (Å²) in [5, 5.41) is 262. The second-order valence-corrected chi connectivity index (χ2v) is 33.5. The minimum Gasteiger partial charge on any atom is -0.504 e. The lowest BCUT2D eigenvalue weighted by Gasteiger charge is -2.43. The Hall–Kier alpha value is -19.3. The zero-order chi connectivity index (χ0) is 107. The molecule has 3 heterocycles. The fourth-order valence-electron chi connectivity index (χ4n) is 14.4. The average molecular weight is 2080 g/mol. The van der Waals surface area contributed by atoms with Crippen LogP contribution in [0.3, 0.4) is 0 Å². The summed E-state index contributed by atoms with van der Waals surface area (Å²) < 4.78 is 60.4. The molecule has 12 aromatic carbocycles. The maximum Gasteiger partial charge on any atom is 0.343 e. The number of benzene rings is 12. The minimum absolute atomic E-state index is 0.295. The molecule has 3 aliphatic heterocycles. The van der Waals surface area contributed by atoms with Crippen LogP contribution in [0.15, 0.2) is 174 Å². The van der Waals surface area contributed by atoms with Crippen LogP contribution in [0.2, 0.25) is 5.02 Å². The number of hydrogen-bond acceptors (Lipinski definition) is 50. The van der Waals surface area contributed by atoms with E-state index in [9.17, 15) is 161 Å². The Balaban J connectivity index is 0.000000588. The summed E-state index contributed by atoms with van der Waals surface area (Å²) in [6, 6.07) is 23.5. The number of likely N-dealkylation sites (N-methyl/N-ethyl adjacent to an activating group) is 1. The molecule has 147 heavy (non-hydrogen) atoms. The van der Waals surface area contributed by atoms with E-state index in [0.717, 1.165) is 24.5 Å². The van der Waals surface area contributed by atoms with Gasteiger partial charge in [0, 0.05) is 47.5 Å². The van der Waals surface area contributed by atoms with E-state index < -0.39 is 325 Å². The first-order chi connectivity index (χ1) is 69.6. The molecular formula is C96H76ClN3O46S. The van der Waals surface area contributed by atoms with Crippen molar-refractivity contribution in [3.05, 3.63) is 224 Å². The van der Waals surface area contributed by atoms with Gasteiger partial charge in [-0.1, -0.05) is 35.5 Å². The Bertz CT molecular complexity index is 7260. The third-order valence-corrected chi connectivity index (χ3v) is 23.3. The lowest BCUT2D eigenvalue weighted by atomic mass is 9.97. The quantitative estimate of drug-likeness (QED) is 0.0110. The molecule has 51 heteroatoms. The zero-order valence-electron chi connectivity index (χ0n) is 74.5. The number of carbonyl (C=O) groups excluding carboxylic acids is 10. The molecule has 3 aliphatic rings. The van der Waals surface area contributed by atoms with Crippen LogP contribution in [0, 0.1) is 0 Å².